The van der Waals surface area contributed by atoms with E-state index in [-0.39, 0.29) is 5.69 Å². The molecule has 0 atom stereocenters. The van der Waals surface area contributed by atoms with Crippen LogP contribution >= 0.6 is 0 Å². The summed E-state index contributed by atoms with van der Waals surface area (Å²) >= 11 is 0. The van der Waals surface area contributed by atoms with E-state index in [1.807, 2.05) is 29.8 Å². The summed E-state index contributed by atoms with van der Waals surface area (Å²) < 4.78 is 2.02. The van der Waals surface area contributed by atoms with Crippen LogP contribution < -0.4 is 5.32 Å². The van der Waals surface area contributed by atoms with Gasteiger partial charge in [0.1, 0.15) is 0 Å². The molecule has 0 aliphatic heterocycles. The minimum Gasteiger partial charge on any atom is -0.384 e. The molecule has 0 saturated carbocycles. The number of para-hydroxylation sites is 1. The fourth-order valence-electron chi connectivity index (χ4n) is 2.56. The van der Waals surface area contributed by atoms with E-state index < -0.39 is 4.92 Å². The van der Waals surface area contributed by atoms with Gasteiger partial charge < -0.3 is 9.88 Å². The van der Waals surface area contributed by atoms with Crippen LogP contribution in [0.5, 0.6) is 0 Å². The third kappa shape index (κ3) is 3.28. The number of imidazole rings is 1. The summed E-state index contributed by atoms with van der Waals surface area (Å²) in [5, 5.41) is 15.3. The largest absolute Gasteiger partial charge is 0.384 e. The van der Waals surface area contributed by atoms with E-state index in [4.69, 9.17) is 0 Å². The Morgan fingerprint density at radius 3 is 3.00 bits per heavy atom. The lowest BCUT2D eigenvalue weighted by molar-refractivity contribution is -0.383. The molecule has 118 valence electrons. The van der Waals surface area contributed by atoms with Gasteiger partial charge in [0.2, 0.25) is 0 Å². The van der Waals surface area contributed by atoms with Gasteiger partial charge in [-0.2, -0.15) is 0 Å². The highest BCUT2D eigenvalue weighted by molar-refractivity contribution is 5.96. The van der Waals surface area contributed by atoms with Gasteiger partial charge in [-0.25, -0.2) is 9.97 Å². The van der Waals surface area contributed by atoms with Crippen molar-refractivity contribution in [1.29, 1.82) is 0 Å². The summed E-state index contributed by atoms with van der Waals surface area (Å²) in [6, 6.07) is 6.95. The minimum absolute atomic E-state index is 0.0349. The predicted octanol–water partition coefficient (Wildman–Crippen LogP) is 3.15. The van der Waals surface area contributed by atoms with Gasteiger partial charge in [0.15, 0.2) is 5.52 Å². The van der Waals surface area contributed by atoms with Gasteiger partial charge in [-0.15, -0.1) is 0 Å². The van der Waals surface area contributed by atoms with Crippen LogP contribution in [0.1, 0.15) is 12.1 Å². The number of nitrogens with zero attached hydrogens (tertiary/aromatic N) is 4. The number of benzene rings is 1. The number of hydrogen-bond acceptors (Lipinski definition) is 5. The molecule has 0 fully saturated rings. The molecule has 0 bridgehead atoms. The Labute approximate surface area is 133 Å². The van der Waals surface area contributed by atoms with Crippen molar-refractivity contribution in [3.63, 3.8) is 0 Å². The van der Waals surface area contributed by atoms with E-state index in [0.29, 0.717) is 5.52 Å². The van der Waals surface area contributed by atoms with Gasteiger partial charge in [0, 0.05) is 48.3 Å². The number of nitro benzene ring substituents is 1. The van der Waals surface area contributed by atoms with Gasteiger partial charge in [-0.05, 0) is 19.4 Å². The summed E-state index contributed by atoms with van der Waals surface area (Å²) in [5.74, 6) is 0. The van der Waals surface area contributed by atoms with Crippen molar-refractivity contribution in [3.05, 3.63) is 58.8 Å². The topological polar surface area (TPSA) is 85.9 Å². The zero-order valence-electron chi connectivity index (χ0n) is 12.8. The van der Waals surface area contributed by atoms with Crippen LogP contribution in [-0.2, 0) is 6.54 Å². The Morgan fingerprint density at radius 1 is 1.39 bits per heavy atom. The molecule has 2 aromatic heterocycles. The highest BCUT2D eigenvalue weighted by Gasteiger charge is 2.15. The average molecular weight is 311 g/mol. The second-order valence-electron chi connectivity index (χ2n) is 5.32. The van der Waals surface area contributed by atoms with Crippen LogP contribution in [0.4, 0.5) is 11.4 Å². The van der Waals surface area contributed by atoms with E-state index in [1.54, 1.807) is 18.6 Å². The van der Waals surface area contributed by atoms with E-state index in [1.165, 1.54) is 6.07 Å². The lowest BCUT2D eigenvalue weighted by Crippen LogP contribution is -2.07. The number of rotatable bonds is 6. The molecule has 0 aliphatic rings. The summed E-state index contributed by atoms with van der Waals surface area (Å²) in [5.41, 5.74) is 2.09. The second-order valence-corrected chi connectivity index (χ2v) is 5.32. The van der Waals surface area contributed by atoms with E-state index in [2.05, 4.69) is 15.3 Å². The third-order valence-corrected chi connectivity index (χ3v) is 3.61. The minimum atomic E-state index is -0.391. The Morgan fingerprint density at radius 2 is 2.26 bits per heavy atom. The Kier molecular flexibility index (Phi) is 4.18. The molecule has 0 radical (unpaired) electrons. The molecular weight excluding hydrogens is 294 g/mol. The lowest BCUT2D eigenvalue weighted by atomic mass is 10.1. The highest BCUT2D eigenvalue weighted by Crippen LogP contribution is 2.29. The van der Waals surface area contributed by atoms with Crippen molar-refractivity contribution in [2.45, 2.75) is 19.9 Å². The van der Waals surface area contributed by atoms with Gasteiger partial charge in [0.25, 0.3) is 5.69 Å². The third-order valence-electron chi connectivity index (χ3n) is 3.61. The van der Waals surface area contributed by atoms with E-state index in [9.17, 15) is 10.1 Å². The fraction of sp³-hybridized carbons (Fsp3) is 0.250. The SMILES string of the molecule is Cc1cc(NCCCn2ccnc2)c2cccc([N+](=O)[O-])c2n1. The van der Waals surface area contributed by atoms with Crippen LogP contribution in [0.15, 0.2) is 43.0 Å². The molecule has 0 saturated heterocycles. The lowest BCUT2D eigenvalue weighted by Gasteiger charge is -2.11. The zero-order valence-corrected chi connectivity index (χ0v) is 12.8. The smallest absolute Gasteiger partial charge is 0.295 e. The number of nitro groups is 1. The normalized spacial score (nSPS) is 10.8. The number of anilines is 1. The van der Waals surface area contributed by atoms with Crippen molar-refractivity contribution in [1.82, 2.24) is 14.5 Å². The molecule has 0 amide bonds. The molecule has 3 aromatic rings. The predicted molar refractivity (Wildman–Crippen MR) is 88.5 cm³/mol. The molecule has 7 nitrogen and oxygen atoms in total. The zero-order chi connectivity index (χ0) is 16.2. The standard InChI is InChI=1S/C16H17N5O2/c1-12-10-14(18-6-3-8-20-9-7-17-11-20)13-4-2-5-15(21(22)23)16(13)19-12/h2,4-5,7,9-11H,3,6,8H2,1H3,(H,18,19). The number of fused-ring (bicyclic) bond motifs is 1. The first-order valence-electron chi connectivity index (χ1n) is 7.39. The van der Waals surface area contributed by atoms with E-state index in [0.717, 1.165) is 36.3 Å². The maximum absolute atomic E-state index is 11.2. The van der Waals surface area contributed by atoms with Crippen molar-refractivity contribution in [2.24, 2.45) is 0 Å². The average Bonchev–Trinajstić information content (AvgIpc) is 3.04. The summed E-state index contributed by atoms with van der Waals surface area (Å²) in [4.78, 5) is 19.1. The molecule has 0 aliphatic carbocycles. The summed E-state index contributed by atoms with van der Waals surface area (Å²) in [7, 11) is 0. The van der Waals surface area contributed by atoms with Gasteiger partial charge in [-0.3, -0.25) is 10.1 Å². The molecule has 3 rings (SSSR count). The number of pyridine rings is 1. The van der Waals surface area contributed by atoms with Crippen molar-refractivity contribution >= 4 is 22.3 Å². The summed E-state index contributed by atoms with van der Waals surface area (Å²) in [6.07, 6.45) is 6.39. The van der Waals surface area contributed by atoms with Gasteiger partial charge >= 0.3 is 0 Å². The Hall–Kier alpha value is -2.96. The molecule has 2 heterocycles. The molecule has 0 spiro atoms. The Bertz CT molecular complexity index is 830. The quantitative estimate of drug-likeness (QED) is 0.429. The first-order valence-corrected chi connectivity index (χ1v) is 7.39. The van der Waals surface area contributed by atoms with Crippen molar-refractivity contribution in [2.75, 3.05) is 11.9 Å². The highest BCUT2D eigenvalue weighted by atomic mass is 16.6. The van der Waals surface area contributed by atoms with E-state index >= 15 is 0 Å². The van der Waals surface area contributed by atoms with Gasteiger partial charge in [-0.1, -0.05) is 12.1 Å². The van der Waals surface area contributed by atoms with Crippen LogP contribution in [-0.4, -0.2) is 26.0 Å². The van der Waals surface area contributed by atoms with Crippen molar-refractivity contribution in [3.8, 4) is 0 Å². The molecule has 0 unspecified atom stereocenters. The number of hydrogen-bond donors (Lipinski definition) is 1. The molecular formula is C16H17N5O2. The molecule has 7 heteroatoms. The number of nitrogens with one attached hydrogen (secondary N) is 1. The summed E-state index contributed by atoms with van der Waals surface area (Å²) in [6.45, 7) is 3.47. The molecule has 23 heavy (non-hydrogen) atoms. The second kappa shape index (κ2) is 6.43. The van der Waals surface area contributed by atoms with Gasteiger partial charge in [0.05, 0.1) is 11.3 Å². The maximum Gasteiger partial charge on any atom is 0.295 e. The first kappa shape index (κ1) is 15.0. The number of aromatic nitrogens is 3. The van der Waals surface area contributed by atoms with Crippen LogP contribution in [0.25, 0.3) is 10.9 Å². The van der Waals surface area contributed by atoms with Crippen LogP contribution in [0.2, 0.25) is 0 Å². The number of aryl methyl sites for hydroxylation is 2. The molecule has 1 aromatic carbocycles. The fourth-order valence-corrected chi connectivity index (χ4v) is 2.56. The maximum atomic E-state index is 11.2. The molecule has 1 N–H and O–H groups in total. The Balaban J connectivity index is 1.80. The van der Waals surface area contributed by atoms with Crippen molar-refractivity contribution < 1.29 is 4.92 Å². The monoisotopic (exact) mass is 311 g/mol. The number of non-ortho nitro benzene ring substituents is 1. The van der Waals surface area contributed by atoms with Crippen LogP contribution in [0, 0.1) is 17.0 Å². The van der Waals surface area contributed by atoms with Crippen LogP contribution in [0.3, 0.4) is 0 Å². The first-order chi connectivity index (χ1) is 11.1.